The lowest BCUT2D eigenvalue weighted by molar-refractivity contribution is -0.118. The average molecular weight is 323 g/mol. The number of aryl methyl sites for hydroxylation is 1. The molecule has 0 spiro atoms. The lowest BCUT2D eigenvalue weighted by atomic mass is 9.96. The zero-order valence-electron chi connectivity index (χ0n) is 14.8. The van der Waals surface area contributed by atoms with Crippen molar-refractivity contribution in [2.24, 2.45) is 16.6 Å². The number of benzene rings is 1. The molecule has 1 amide bonds. The van der Waals surface area contributed by atoms with Gasteiger partial charge in [0.05, 0.1) is 5.92 Å². The monoisotopic (exact) mass is 323 g/mol. The van der Waals surface area contributed by atoms with E-state index in [4.69, 9.17) is 5.73 Å². The molecule has 4 heteroatoms. The molecule has 0 radical (unpaired) electrons. The van der Waals surface area contributed by atoms with Crippen molar-refractivity contribution in [3.63, 3.8) is 0 Å². The second-order valence-electron chi connectivity index (χ2n) is 6.59. The lowest BCUT2D eigenvalue weighted by Crippen LogP contribution is -2.19. The summed E-state index contributed by atoms with van der Waals surface area (Å²) < 4.78 is 0. The largest absolute Gasteiger partial charge is 0.383 e. The summed E-state index contributed by atoms with van der Waals surface area (Å²) in [6.07, 6.45) is 4.39. The minimum absolute atomic E-state index is 0.236. The number of carbonyl (C=O) groups excluding carboxylic acids is 1. The van der Waals surface area contributed by atoms with Crippen molar-refractivity contribution in [2.45, 2.75) is 40.0 Å². The van der Waals surface area contributed by atoms with Gasteiger partial charge in [-0.05, 0) is 48.9 Å². The second kappa shape index (κ2) is 7.86. The van der Waals surface area contributed by atoms with Gasteiger partial charge in [-0.1, -0.05) is 38.1 Å². The molecule has 1 atom stereocenters. The molecule has 1 aromatic carbocycles. The predicted octanol–water partition coefficient (Wildman–Crippen LogP) is 3.62. The SMILES string of the molecule is Cc1cnccc1C(N)=NC(=O)C(C)c1ccc(CC(C)C)cc1. The summed E-state index contributed by atoms with van der Waals surface area (Å²) in [6, 6.07) is 9.94. The van der Waals surface area contributed by atoms with Crippen molar-refractivity contribution in [3.8, 4) is 0 Å². The molecule has 2 rings (SSSR count). The Bertz CT molecular complexity index is 733. The Morgan fingerprint density at radius 1 is 1.17 bits per heavy atom. The highest BCUT2D eigenvalue weighted by atomic mass is 16.1. The zero-order valence-corrected chi connectivity index (χ0v) is 14.8. The van der Waals surface area contributed by atoms with Crippen molar-refractivity contribution in [1.82, 2.24) is 4.98 Å². The molecule has 126 valence electrons. The Kier molecular flexibility index (Phi) is 5.85. The van der Waals surface area contributed by atoms with Gasteiger partial charge in [0.15, 0.2) is 0 Å². The van der Waals surface area contributed by atoms with E-state index in [-0.39, 0.29) is 17.7 Å². The minimum Gasteiger partial charge on any atom is -0.383 e. The van der Waals surface area contributed by atoms with E-state index in [0.29, 0.717) is 5.92 Å². The van der Waals surface area contributed by atoms with Crippen LogP contribution in [0.5, 0.6) is 0 Å². The lowest BCUT2D eigenvalue weighted by Gasteiger charge is -2.11. The number of pyridine rings is 1. The highest BCUT2D eigenvalue weighted by Crippen LogP contribution is 2.19. The van der Waals surface area contributed by atoms with Crippen LogP contribution in [0.1, 0.15) is 48.9 Å². The summed E-state index contributed by atoms with van der Waals surface area (Å²) in [7, 11) is 0. The van der Waals surface area contributed by atoms with Gasteiger partial charge in [0.25, 0.3) is 5.91 Å². The third kappa shape index (κ3) is 4.51. The van der Waals surface area contributed by atoms with Crippen LogP contribution < -0.4 is 5.73 Å². The standard InChI is InChI=1S/C20H25N3O/c1-13(2)11-16-5-7-17(8-6-16)15(4)20(24)23-19(21)18-9-10-22-12-14(18)3/h5-10,12-13,15H,11H2,1-4H3,(H2,21,23,24). The number of carbonyl (C=O) groups is 1. The minimum atomic E-state index is -0.321. The molecule has 1 heterocycles. The van der Waals surface area contributed by atoms with Crippen LogP contribution >= 0.6 is 0 Å². The Morgan fingerprint density at radius 3 is 2.42 bits per heavy atom. The van der Waals surface area contributed by atoms with E-state index >= 15 is 0 Å². The molecule has 2 N–H and O–H groups in total. The van der Waals surface area contributed by atoms with Crippen LogP contribution in [-0.2, 0) is 11.2 Å². The highest BCUT2D eigenvalue weighted by Gasteiger charge is 2.16. The molecule has 1 unspecified atom stereocenters. The Hall–Kier alpha value is -2.49. The van der Waals surface area contributed by atoms with E-state index in [1.807, 2.05) is 26.0 Å². The fourth-order valence-electron chi connectivity index (χ4n) is 2.59. The van der Waals surface area contributed by atoms with Gasteiger partial charge >= 0.3 is 0 Å². The number of amidine groups is 1. The van der Waals surface area contributed by atoms with E-state index in [1.54, 1.807) is 18.5 Å². The molecule has 0 aliphatic heterocycles. The molecule has 0 saturated heterocycles. The second-order valence-corrected chi connectivity index (χ2v) is 6.59. The fourth-order valence-corrected chi connectivity index (χ4v) is 2.59. The summed E-state index contributed by atoms with van der Waals surface area (Å²) in [5.41, 5.74) is 9.88. The van der Waals surface area contributed by atoms with Gasteiger partial charge in [0.1, 0.15) is 5.84 Å². The van der Waals surface area contributed by atoms with E-state index in [9.17, 15) is 4.79 Å². The predicted molar refractivity (Wildman–Crippen MR) is 98.1 cm³/mol. The average Bonchev–Trinajstić information content (AvgIpc) is 2.54. The van der Waals surface area contributed by atoms with Crippen molar-refractivity contribution in [3.05, 3.63) is 65.0 Å². The van der Waals surface area contributed by atoms with Crippen molar-refractivity contribution >= 4 is 11.7 Å². The van der Waals surface area contributed by atoms with E-state index in [2.05, 4.69) is 36.0 Å². The van der Waals surface area contributed by atoms with Gasteiger partial charge < -0.3 is 5.73 Å². The highest BCUT2D eigenvalue weighted by molar-refractivity contribution is 6.06. The Balaban J connectivity index is 2.14. The molecule has 24 heavy (non-hydrogen) atoms. The summed E-state index contributed by atoms with van der Waals surface area (Å²) in [6.45, 7) is 8.14. The van der Waals surface area contributed by atoms with Crippen LogP contribution in [0.15, 0.2) is 47.7 Å². The molecule has 0 fully saturated rings. The van der Waals surface area contributed by atoms with E-state index in [0.717, 1.165) is 23.1 Å². The summed E-state index contributed by atoms with van der Waals surface area (Å²) in [5, 5.41) is 0. The first kappa shape index (κ1) is 17.9. The summed E-state index contributed by atoms with van der Waals surface area (Å²) >= 11 is 0. The van der Waals surface area contributed by atoms with Gasteiger partial charge in [-0.2, -0.15) is 4.99 Å². The molecule has 0 aliphatic carbocycles. The number of amides is 1. The number of rotatable bonds is 5. The molecule has 0 bridgehead atoms. The molecule has 0 aliphatic rings. The van der Waals surface area contributed by atoms with Crippen LogP contribution in [0.3, 0.4) is 0 Å². The van der Waals surface area contributed by atoms with Crippen molar-refractivity contribution in [1.29, 1.82) is 0 Å². The van der Waals surface area contributed by atoms with Crippen LogP contribution in [0.25, 0.3) is 0 Å². The Morgan fingerprint density at radius 2 is 1.83 bits per heavy atom. The number of nitrogens with zero attached hydrogens (tertiary/aromatic N) is 2. The fraction of sp³-hybridized carbons (Fsp3) is 0.350. The smallest absolute Gasteiger partial charge is 0.254 e. The normalized spacial score (nSPS) is 13.1. The summed E-state index contributed by atoms with van der Waals surface area (Å²) in [4.78, 5) is 20.5. The maximum absolute atomic E-state index is 12.4. The van der Waals surface area contributed by atoms with Gasteiger partial charge in [-0.15, -0.1) is 0 Å². The third-order valence-corrected chi connectivity index (χ3v) is 4.02. The van der Waals surface area contributed by atoms with E-state index < -0.39 is 0 Å². The first-order valence-corrected chi connectivity index (χ1v) is 8.26. The maximum Gasteiger partial charge on any atom is 0.254 e. The number of nitrogens with two attached hydrogens (primary N) is 1. The van der Waals surface area contributed by atoms with Gasteiger partial charge in [-0.25, -0.2) is 0 Å². The van der Waals surface area contributed by atoms with Crippen LogP contribution in [0.2, 0.25) is 0 Å². The number of hydrogen-bond acceptors (Lipinski definition) is 2. The van der Waals surface area contributed by atoms with Gasteiger partial charge in [0.2, 0.25) is 0 Å². The molecule has 2 aromatic rings. The molecule has 4 nitrogen and oxygen atoms in total. The van der Waals surface area contributed by atoms with Crippen molar-refractivity contribution < 1.29 is 4.79 Å². The van der Waals surface area contributed by atoms with Crippen LogP contribution in [0.4, 0.5) is 0 Å². The number of aromatic nitrogens is 1. The zero-order chi connectivity index (χ0) is 17.7. The quantitative estimate of drug-likeness (QED) is 0.675. The first-order chi connectivity index (χ1) is 11.4. The van der Waals surface area contributed by atoms with E-state index in [1.165, 1.54) is 5.56 Å². The third-order valence-electron chi connectivity index (χ3n) is 4.02. The van der Waals surface area contributed by atoms with Crippen LogP contribution in [-0.4, -0.2) is 16.7 Å². The van der Waals surface area contributed by atoms with Crippen LogP contribution in [0, 0.1) is 12.8 Å². The number of aliphatic imine (C=N–C) groups is 1. The van der Waals surface area contributed by atoms with Gasteiger partial charge in [-0.3, -0.25) is 9.78 Å². The molecular formula is C20H25N3O. The summed E-state index contributed by atoms with van der Waals surface area (Å²) in [5.74, 6) is 0.296. The van der Waals surface area contributed by atoms with Gasteiger partial charge in [0, 0.05) is 18.0 Å². The molecule has 0 saturated carbocycles. The number of hydrogen-bond donors (Lipinski definition) is 1. The Labute approximate surface area is 143 Å². The van der Waals surface area contributed by atoms with Crippen molar-refractivity contribution in [2.75, 3.05) is 0 Å². The maximum atomic E-state index is 12.4. The topological polar surface area (TPSA) is 68.3 Å². The first-order valence-electron chi connectivity index (χ1n) is 8.26. The molecule has 1 aromatic heterocycles. The molecular weight excluding hydrogens is 298 g/mol.